The van der Waals surface area contributed by atoms with Crippen molar-refractivity contribution in [3.8, 4) is 0 Å². The lowest BCUT2D eigenvalue weighted by Crippen LogP contribution is -2.71. The second-order valence-corrected chi connectivity index (χ2v) is 6.88. The minimum absolute atomic E-state index is 0.0662. The van der Waals surface area contributed by atoms with E-state index in [0.29, 0.717) is 12.4 Å². The van der Waals surface area contributed by atoms with E-state index in [0.717, 1.165) is 12.8 Å². The van der Waals surface area contributed by atoms with Crippen molar-refractivity contribution < 1.29 is 13.2 Å². The van der Waals surface area contributed by atoms with Crippen LogP contribution in [0.2, 0.25) is 0 Å². The van der Waals surface area contributed by atoms with Gasteiger partial charge in [-0.25, -0.2) is 18.1 Å². The summed E-state index contributed by atoms with van der Waals surface area (Å²) in [5.74, 6) is 0.829. The number of hydrogen-bond acceptors (Lipinski definition) is 5. The zero-order valence-corrected chi connectivity index (χ0v) is 11.5. The molecule has 1 aromatic heterocycles. The Morgan fingerprint density at radius 1 is 1.58 bits per heavy atom. The maximum absolute atomic E-state index is 12.2. The maximum Gasteiger partial charge on any atom is 0.258 e. The van der Waals surface area contributed by atoms with Gasteiger partial charge >= 0.3 is 0 Å². The molecule has 1 saturated carbocycles. The van der Waals surface area contributed by atoms with Gasteiger partial charge in [0.1, 0.15) is 5.82 Å². The Morgan fingerprint density at radius 2 is 2.37 bits per heavy atom. The first kappa shape index (κ1) is 13.0. The van der Waals surface area contributed by atoms with Crippen molar-refractivity contribution in [3.63, 3.8) is 0 Å². The lowest BCUT2D eigenvalue weighted by molar-refractivity contribution is -0.114. The van der Waals surface area contributed by atoms with E-state index < -0.39 is 10.0 Å². The molecule has 4 N–H and O–H groups in total. The van der Waals surface area contributed by atoms with Crippen LogP contribution < -0.4 is 10.5 Å². The molecule has 1 aliphatic heterocycles. The van der Waals surface area contributed by atoms with Crippen LogP contribution in [-0.4, -0.2) is 43.2 Å². The number of aromatic amines is 1. The highest BCUT2D eigenvalue weighted by Crippen LogP contribution is 2.37. The Bertz CT molecular complexity index is 570. The zero-order chi connectivity index (χ0) is 13.6. The van der Waals surface area contributed by atoms with Crippen molar-refractivity contribution in [2.45, 2.75) is 43.0 Å². The molecule has 8 heteroatoms. The third-order valence-electron chi connectivity index (χ3n) is 3.94. The number of sulfonamides is 1. The SMILES string of the molecule is Cc1ncc(S(=O)(=O)NC2C(N)C3CCCOC32)[nH]1. The molecule has 1 aliphatic carbocycles. The van der Waals surface area contributed by atoms with Crippen molar-refractivity contribution in [2.24, 2.45) is 11.7 Å². The van der Waals surface area contributed by atoms with Gasteiger partial charge in [-0.2, -0.15) is 0 Å². The fourth-order valence-corrected chi connectivity index (χ4v) is 4.12. The molecule has 0 radical (unpaired) electrons. The number of nitrogens with zero attached hydrogens (tertiary/aromatic N) is 1. The molecule has 106 valence electrons. The fourth-order valence-electron chi connectivity index (χ4n) is 2.87. The first-order valence-electron chi connectivity index (χ1n) is 6.40. The zero-order valence-electron chi connectivity index (χ0n) is 10.7. The lowest BCUT2D eigenvalue weighted by atomic mass is 9.69. The van der Waals surface area contributed by atoms with Gasteiger partial charge in [-0.15, -0.1) is 0 Å². The van der Waals surface area contributed by atoms with Gasteiger partial charge in [-0.3, -0.25) is 0 Å². The molecule has 3 rings (SSSR count). The standard InChI is InChI=1S/C11H18N4O3S/c1-6-13-5-8(14-6)19(16,17)15-10-9(12)7-3-2-4-18-11(7)10/h5,7,9-11,15H,2-4,12H2,1H3,(H,13,14). The summed E-state index contributed by atoms with van der Waals surface area (Å²) in [6.45, 7) is 2.38. The average molecular weight is 286 g/mol. The number of imidazole rings is 1. The maximum atomic E-state index is 12.2. The molecule has 2 aliphatic rings. The van der Waals surface area contributed by atoms with Crippen LogP contribution in [0.4, 0.5) is 0 Å². The predicted octanol–water partition coefficient (Wildman–Crippen LogP) is -0.499. The van der Waals surface area contributed by atoms with Gasteiger partial charge in [0.2, 0.25) is 0 Å². The molecule has 0 spiro atoms. The van der Waals surface area contributed by atoms with Gasteiger partial charge in [0.15, 0.2) is 5.03 Å². The van der Waals surface area contributed by atoms with E-state index in [1.807, 2.05) is 0 Å². The normalized spacial score (nSPS) is 34.6. The quantitative estimate of drug-likeness (QED) is 0.694. The Morgan fingerprint density at radius 3 is 3.05 bits per heavy atom. The van der Waals surface area contributed by atoms with Gasteiger partial charge in [-0.05, 0) is 19.8 Å². The molecule has 0 aromatic carbocycles. The summed E-state index contributed by atoms with van der Waals surface area (Å²) < 4.78 is 32.6. The van der Waals surface area contributed by atoms with E-state index in [9.17, 15) is 8.42 Å². The molecular formula is C11H18N4O3S. The van der Waals surface area contributed by atoms with E-state index in [-0.39, 0.29) is 29.1 Å². The van der Waals surface area contributed by atoms with Crippen LogP contribution >= 0.6 is 0 Å². The average Bonchev–Trinajstić information content (AvgIpc) is 2.83. The molecule has 4 atom stereocenters. The number of aryl methyl sites for hydroxylation is 1. The number of H-pyrrole nitrogens is 1. The smallest absolute Gasteiger partial charge is 0.258 e. The van der Waals surface area contributed by atoms with Crippen LogP contribution in [-0.2, 0) is 14.8 Å². The largest absolute Gasteiger partial charge is 0.376 e. The highest BCUT2D eigenvalue weighted by atomic mass is 32.2. The first-order chi connectivity index (χ1) is 8.99. The van der Waals surface area contributed by atoms with Gasteiger partial charge in [0.05, 0.1) is 18.3 Å². The van der Waals surface area contributed by atoms with Crippen molar-refractivity contribution in [1.82, 2.24) is 14.7 Å². The van der Waals surface area contributed by atoms with E-state index in [1.54, 1.807) is 6.92 Å². The Balaban J connectivity index is 1.74. The number of nitrogens with two attached hydrogens (primary N) is 1. The molecule has 1 saturated heterocycles. The van der Waals surface area contributed by atoms with Gasteiger partial charge < -0.3 is 15.5 Å². The minimum Gasteiger partial charge on any atom is -0.376 e. The molecule has 2 fully saturated rings. The predicted molar refractivity (Wildman–Crippen MR) is 67.9 cm³/mol. The summed E-state index contributed by atoms with van der Waals surface area (Å²) in [4.78, 5) is 6.61. The lowest BCUT2D eigenvalue weighted by Gasteiger charge is -2.52. The minimum atomic E-state index is -3.61. The van der Waals surface area contributed by atoms with E-state index in [1.165, 1.54) is 6.20 Å². The van der Waals surface area contributed by atoms with Crippen molar-refractivity contribution in [2.75, 3.05) is 6.61 Å². The topological polar surface area (TPSA) is 110 Å². The highest BCUT2D eigenvalue weighted by Gasteiger charge is 2.52. The number of nitrogens with one attached hydrogen (secondary N) is 2. The van der Waals surface area contributed by atoms with Crippen LogP contribution in [0.1, 0.15) is 18.7 Å². The van der Waals surface area contributed by atoms with Crippen LogP contribution in [0.5, 0.6) is 0 Å². The van der Waals surface area contributed by atoms with Crippen LogP contribution in [0.3, 0.4) is 0 Å². The molecule has 2 heterocycles. The van der Waals surface area contributed by atoms with Crippen molar-refractivity contribution in [1.29, 1.82) is 0 Å². The van der Waals surface area contributed by atoms with Gasteiger partial charge in [0, 0.05) is 18.6 Å². The number of hydrogen-bond donors (Lipinski definition) is 3. The Kier molecular flexibility index (Phi) is 3.12. The third kappa shape index (κ3) is 2.18. The summed E-state index contributed by atoms with van der Waals surface area (Å²) in [5, 5.41) is 0.0662. The van der Waals surface area contributed by atoms with Crippen molar-refractivity contribution in [3.05, 3.63) is 12.0 Å². The summed E-state index contributed by atoms with van der Waals surface area (Å²) >= 11 is 0. The van der Waals surface area contributed by atoms with E-state index in [2.05, 4.69) is 14.7 Å². The summed E-state index contributed by atoms with van der Waals surface area (Å²) in [6.07, 6.45) is 3.21. The fraction of sp³-hybridized carbons (Fsp3) is 0.727. The molecule has 4 unspecified atom stereocenters. The van der Waals surface area contributed by atoms with Crippen LogP contribution in [0.25, 0.3) is 0 Å². The summed E-state index contributed by atoms with van der Waals surface area (Å²) in [7, 11) is -3.61. The summed E-state index contributed by atoms with van der Waals surface area (Å²) in [6, 6.07) is -0.525. The highest BCUT2D eigenvalue weighted by molar-refractivity contribution is 7.89. The Labute approximate surface area is 112 Å². The number of rotatable bonds is 3. The monoisotopic (exact) mass is 286 g/mol. The number of ether oxygens (including phenoxy) is 1. The first-order valence-corrected chi connectivity index (χ1v) is 7.88. The van der Waals surface area contributed by atoms with Gasteiger partial charge in [0.25, 0.3) is 10.0 Å². The number of fused-ring (bicyclic) bond motifs is 1. The van der Waals surface area contributed by atoms with Gasteiger partial charge in [-0.1, -0.05) is 0 Å². The van der Waals surface area contributed by atoms with Crippen molar-refractivity contribution >= 4 is 10.0 Å². The Hall–Kier alpha value is -0.960. The number of aromatic nitrogens is 2. The second-order valence-electron chi connectivity index (χ2n) is 5.20. The molecule has 7 nitrogen and oxygen atoms in total. The van der Waals surface area contributed by atoms with E-state index >= 15 is 0 Å². The van der Waals surface area contributed by atoms with E-state index in [4.69, 9.17) is 10.5 Å². The van der Waals surface area contributed by atoms with Crippen LogP contribution in [0.15, 0.2) is 11.2 Å². The molecular weight excluding hydrogens is 268 g/mol. The molecule has 19 heavy (non-hydrogen) atoms. The second kappa shape index (κ2) is 4.55. The molecule has 0 bridgehead atoms. The molecule has 0 amide bonds. The molecule has 1 aromatic rings. The summed E-state index contributed by atoms with van der Waals surface area (Å²) in [5.41, 5.74) is 6.04. The van der Waals surface area contributed by atoms with Crippen LogP contribution in [0, 0.1) is 12.8 Å². The third-order valence-corrected chi connectivity index (χ3v) is 5.31.